The van der Waals surface area contributed by atoms with E-state index in [1.807, 2.05) is 12.3 Å². The molecule has 0 aliphatic rings. The van der Waals surface area contributed by atoms with Gasteiger partial charge in [0.2, 0.25) is 5.43 Å². The van der Waals surface area contributed by atoms with Crippen LogP contribution in [0.5, 0.6) is 0 Å². The molecule has 0 radical (unpaired) electrons. The van der Waals surface area contributed by atoms with Gasteiger partial charge in [-0.25, -0.2) is 4.79 Å². The maximum absolute atomic E-state index is 12.4. The van der Waals surface area contributed by atoms with Crippen molar-refractivity contribution in [1.82, 2.24) is 0 Å². The van der Waals surface area contributed by atoms with Crippen LogP contribution in [0.2, 0.25) is 0 Å². The normalized spacial score (nSPS) is 11.1. The second kappa shape index (κ2) is 4.68. The number of rotatable bonds is 2. The Morgan fingerprint density at radius 2 is 1.90 bits per heavy atom. The molecule has 100 valence electrons. The molecule has 3 rings (SSSR count). The molecular formula is C15H10O4S. The van der Waals surface area contributed by atoms with E-state index in [9.17, 15) is 9.59 Å². The first-order chi connectivity index (χ1) is 9.60. The molecule has 4 nitrogen and oxygen atoms in total. The number of carbonyl (C=O) groups is 1. The van der Waals surface area contributed by atoms with Crippen molar-refractivity contribution in [3.8, 4) is 0 Å². The lowest BCUT2D eigenvalue weighted by Gasteiger charge is -2.03. The van der Waals surface area contributed by atoms with E-state index in [1.165, 1.54) is 18.2 Å². The van der Waals surface area contributed by atoms with E-state index in [0.29, 0.717) is 21.9 Å². The first-order valence-electron chi connectivity index (χ1n) is 5.88. The van der Waals surface area contributed by atoms with Gasteiger partial charge in [0.25, 0.3) is 0 Å². The smallest absolute Gasteiger partial charge is 0.335 e. The summed E-state index contributed by atoms with van der Waals surface area (Å²) in [5.74, 6) is -1.05. The molecule has 0 amide bonds. The zero-order chi connectivity index (χ0) is 14.3. The van der Waals surface area contributed by atoms with Crippen molar-refractivity contribution in [2.75, 3.05) is 6.26 Å². The average molecular weight is 286 g/mol. The highest BCUT2D eigenvalue weighted by Crippen LogP contribution is 2.23. The van der Waals surface area contributed by atoms with Crippen LogP contribution < -0.4 is 5.43 Å². The summed E-state index contributed by atoms with van der Waals surface area (Å²) in [6.45, 7) is 0. The highest BCUT2D eigenvalue weighted by molar-refractivity contribution is 7.98. The van der Waals surface area contributed by atoms with E-state index in [-0.39, 0.29) is 11.0 Å². The van der Waals surface area contributed by atoms with Gasteiger partial charge in [-0.1, -0.05) is 0 Å². The van der Waals surface area contributed by atoms with Crippen molar-refractivity contribution < 1.29 is 14.3 Å². The molecule has 0 fully saturated rings. The molecular weight excluding hydrogens is 276 g/mol. The summed E-state index contributed by atoms with van der Waals surface area (Å²) < 4.78 is 5.64. The van der Waals surface area contributed by atoms with Crippen LogP contribution in [0.15, 0.2) is 50.5 Å². The van der Waals surface area contributed by atoms with E-state index in [2.05, 4.69) is 0 Å². The molecule has 0 saturated heterocycles. The Hall–Kier alpha value is -2.27. The van der Waals surface area contributed by atoms with Crippen LogP contribution in [0, 0.1) is 0 Å². The van der Waals surface area contributed by atoms with E-state index < -0.39 is 5.97 Å². The Balaban J connectivity index is 2.40. The maximum Gasteiger partial charge on any atom is 0.335 e. The molecule has 0 aliphatic heterocycles. The summed E-state index contributed by atoms with van der Waals surface area (Å²) >= 11 is 1.55. The largest absolute Gasteiger partial charge is 0.478 e. The van der Waals surface area contributed by atoms with E-state index >= 15 is 0 Å². The first-order valence-corrected chi connectivity index (χ1v) is 7.10. The van der Waals surface area contributed by atoms with Crippen LogP contribution in [-0.2, 0) is 0 Å². The number of carboxylic acids is 1. The number of hydrogen-bond donors (Lipinski definition) is 1. The van der Waals surface area contributed by atoms with Crippen molar-refractivity contribution in [2.45, 2.75) is 4.90 Å². The number of carboxylic acid groups (broad SMARTS) is 1. The van der Waals surface area contributed by atoms with Crippen molar-refractivity contribution in [2.24, 2.45) is 0 Å². The van der Waals surface area contributed by atoms with Gasteiger partial charge in [-0.2, -0.15) is 0 Å². The Morgan fingerprint density at radius 3 is 2.60 bits per heavy atom. The molecule has 0 saturated carbocycles. The lowest BCUT2D eigenvalue weighted by molar-refractivity contribution is 0.0697. The summed E-state index contributed by atoms with van der Waals surface area (Å²) in [5, 5.41) is 9.87. The monoisotopic (exact) mass is 286 g/mol. The number of benzene rings is 2. The molecule has 1 N–H and O–H groups in total. The van der Waals surface area contributed by atoms with Gasteiger partial charge < -0.3 is 9.52 Å². The van der Waals surface area contributed by atoms with Crippen LogP contribution in [0.3, 0.4) is 0 Å². The summed E-state index contributed by atoms with van der Waals surface area (Å²) in [6.07, 6.45) is 1.93. The number of thioether (sulfide) groups is 1. The van der Waals surface area contributed by atoms with Crippen LogP contribution in [0.25, 0.3) is 21.9 Å². The van der Waals surface area contributed by atoms with Crippen molar-refractivity contribution in [1.29, 1.82) is 0 Å². The minimum absolute atomic E-state index is 0.0979. The van der Waals surface area contributed by atoms with Gasteiger partial charge in [0.15, 0.2) is 0 Å². The minimum atomic E-state index is -1.05. The molecule has 20 heavy (non-hydrogen) atoms. The third-order valence-electron chi connectivity index (χ3n) is 3.12. The highest BCUT2D eigenvalue weighted by atomic mass is 32.2. The molecule has 0 atom stereocenters. The first kappa shape index (κ1) is 12.7. The SMILES string of the molecule is CSc1ccc2oc3cc(C(=O)O)ccc3c(=O)c2c1. The zero-order valence-electron chi connectivity index (χ0n) is 10.5. The van der Waals surface area contributed by atoms with Crippen molar-refractivity contribution in [3.05, 3.63) is 52.2 Å². The fourth-order valence-corrected chi connectivity index (χ4v) is 2.53. The van der Waals surface area contributed by atoms with Crippen LogP contribution in [0.1, 0.15) is 10.4 Å². The lowest BCUT2D eigenvalue weighted by atomic mass is 10.1. The number of aromatic carboxylic acids is 1. The van der Waals surface area contributed by atoms with Crippen LogP contribution >= 0.6 is 11.8 Å². The van der Waals surface area contributed by atoms with Gasteiger partial charge >= 0.3 is 5.97 Å². The highest BCUT2D eigenvalue weighted by Gasteiger charge is 2.11. The Labute approximate surface area is 118 Å². The van der Waals surface area contributed by atoms with E-state index in [0.717, 1.165) is 4.90 Å². The quantitative estimate of drug-likeness (QED) is 0.578. The topological polar surface area (TPSA) is 67.5 Å². The molecule has 5 heteroatoms. The lowest BCUT2D eigenvalue weighted by Crippen LogP contribution is -2.04. The third kappa shape index (κ3) is 1.96. The summed E-state index contributed by atoms with van der Waals surface area (Å²) in [7, 11) is 0. The number of hydrogen-bond acceptors (Lipinski definition) is 4. The average Bonchev–Trinajstić information content (AvgIpc) is 2.46. The second-order valence-corrected chi connectivity index (χ2v) is 5.19. The Morgan fingerprint density at radius 1 is 1.10 bits per heavy atom. The Kier molecular flexibility index (Phi) is 2.99. The van der Waals surface area contributed by atoms with Crippen molar-refractivity contribution in [3.63, 3.8) is 0 Å². The predicted molar refractivity (Wildman–Crippen MR) is 78.7 cm³/mol. The maximum atomic E-state index is 12.4. The summed E-state index contributed by atoms with van der Waals surface area (Å²) in [6, 6.07) is 9.66. The Bertz CT molecular complexity index is 895. The van der Waals surface area contributed by atoms with Crippen LogP contribution in [-0.4, -0.2) is 17.3 Å². The third-order valence-corrected chi connectivity index (χ3v) is 3.85. The van der Waals surface area contributed by atoms with Gasteiger partial charge in [0.05, 0.1) is 16.3 Å². The van der Waals surface area contributed by atoms with Crippen molar-refractivity contribution >= 4 is 39.7 Å². The van der Waals surface area contributed by atoms with Gasteiger partial charge in [-0.3, -0.25) is 4.79 Å². The van der Waals surface area contributed by atoms with Gasteiger partial charge in [-0.15, -0.1) is 11.8 Å². The summed E-state index contributed by atoms with van der Waals surface area (Å²) in [4.78, 5) is 24.4. The fourth-order valence-electron chi connectivity index (χ4n) is 2.09. The fraction of sp³-hybridized carbons (Fsp3) is 0.0667. The van der Waals surface area contributed by atoms with E-state index in [4.69, 9.17) is 9.52 Å². The molecule has 3 aromatic rings. The molecule has 0 bridgehead atoms. The number of fused-ring (bicyclic) bond motifs is 2. The molecule has 2 aromatic carbocycles. The van der Waals surface area contributed by atoms with Gasteiger partial charge in [0, 0.05) is 4.90 Å². The molecule has 0 aliphatic carbocycles. The predicted octanol–water partition coefficient (Wildman–Crippen LogP) is 3.37. The van der Waals surface area contributed by atoms with Gasteiger partial charge in [0.1, 0.15) is 11.2 Å². The van der Waals surface area contributed by atoms with Crippen LogP contribution in [0.4, 0.5) is 0 Å². The molecule has 0 unspecified atom stereocenters. The second-order valence-electron chi connectivity index (χ2n) is 4.31. The zero-order valence-corrected chi connectivity index (χ0v) is 11.4. The molecule has 0 spiro atoms. The molecule has 1 aromatic heterocycles. The van der Waals surface area contributed by atoms with E-state index in [1.54, 1.807) is 23.9 Å². The van der Waals surface area contributed by atoms with Gasteiger partial charge in [-0.05, 0) is 42.7 Å². The standard InChI is InChI=1S/C15H10O4S/c1-20-9-3-5-12-11(7-9)14(16)10-4-2-8(15(17)18)6-13(10)19-12/h2-7H,1H3,(H,17,18). The minimum Gasteiger partial charge on any atom is -0.478 e. The summed E-state index contributed by atoms with van der Waals surface area (Å²) in [5.41, 5.74) is 0.706. The molecule has 1 heterocycles.